The maximum absolute atomic E-state index is 11.8. The highest BCUT2D eigenvalue weighted by molar-refractivity contribution is 5.13. The molecule has 0 radical (unpaired) electrons. The summed E-state index contributed by atoms with van der Waals surface area (Å²) in [6.45, 7) is 9.55. The number of nitriles is 1. The molecule has 4 fully saturated rings. The molecule has 0 aliphatic heterocycles. The van der Waals surface area contributed by atoms with Crippen LogP contribution >= 0.6 is 0 Å². The lowest BCUT2D eigenvalue weighted by molar-refractivity contribution is -0.204. The molecule has 4 rings (SSSR count). The Labute approximate surface area is 178 Å². The first-order chi connectivity index (χ1) is 13.8. The predicted octanol–water partition coefficient (Wildman–Crippen LogP) is 5.55. The maximum atomic E-state index is 11.8. The van der Waals surface area contributed by atoms with Gasteiger partial charge in [-0.25, -0.2) is 0 Å². The van der Waals surface area contributed by atoms with Gasteiger partial charge in [0.2, 0.25) is 0 Å². The molecule has 164 valence electrons. The van der Waals surface area contributed by atoms with Gasteiger partial charge in [-0.3, -0.25) is 0 Å². The first kappa shape index (κ1) is 21.6. The van der Waals surface area contributed by atoms with Gasteiger partial charge in [-0.1, -0.05) is 34.1 Å². The van der Waals surface area contributed by atoms with Gasteiger partial charge in [0.05, 0.1) is 18.3 Å². The van der Waals surface area contributed by atoms with Gasteiger partial charge < -0.3 is 10.2 Å². The monoisotopic (exact) mass is 401 g/mol. The van der Waals surface area contributed by atoms with Crippen LogP contribution in [0.15, 0.2) is 0 Å². The second kappa shape index (κ2) is 7.83. The van der Waals surface area contributed by atoms with Crippen molar-refractivity contribution in [2.75, 3.05) is 0 Å². The predicted molar refractivity (Wildman–Crippen MR) is 116 cm³/mol. The minimum absolute atomic E-state index is 0.173. The fourth-order valence-corrected chi connectivity index (χ4v) is 9.40. The summed E-state index contributed by atoms with van der Waals surface area (Å²) >= 11 is 0. The molecule has 2 N–H and O–H groups in total. The van der Waals surface area contributed by atoms with Gasteiger partial charge >= 0.3 is 0 Å². The van der Waals surface area contributed by atoms with E-state index in [2.05, 4.69) is 33.8 Å². The zero-order chi connectivity index (χ0) is 21.0. The summed E-state index contributed by atoms with van der Waals surface area (Å²) in [5.41, 5.74) is 0.563. The Morgan fingerprint density at radius 3 is 2.38 bits per heavy atom. The third kappa shape index (κ3) is 3.20. The van der Waals surface area contributed by atoms with Gasteiger partial charge in [-0.2, -0.15) is 5.26 Å². The zero-order valence-electron chi connectivity index (χ0n) is 19.1. The Hall–Kier alpha value is -0.590. The van der Waals surface area contributed by atoms with E-state index in [4.69, 9.17) is 0 Å². The van der Waals surface area contributed by atoms with Crippen molar-refractivity contribution in [2.45, 2.75) is 104 Å². The highest BCUT2D eigenvalue weighted by Crippen LogP contribution is 2.69. The van der Waals surface area contributed by atoms with Gasteiger partial charge in [0.1, 0.15) is 0 Å². The lowest BCUT2D eigenvalue weighted by atomic mass is 9.41. The van der Waals surface area contributed by atoms with Crippen molar-refractivity contribution in [3.63, 3.8) is 0 Å². The minimum atomic E-state index is -0.210. The molecule has 0 spiro atoms. The number of fused-ring (bicyclic) bond motifs is 5. The van der Waals surface area contributed by atoms with Gasteiger partial charge in [0.25, 0.3) is 0 Å². The fourth-order valence-electron chi connectivity index (χ4n) is 9.40. The summed E-state index contributed by atoms with van der Waals surface area (Å²) in [6, 6.07) is 2.42. The molecule has 0 aromatic rings. The summed E-state index contributed by atoms with van der Waals surface area (Å²) < 4.78 is 0. The van der Waals surface area contributed by atoms with E-state index >= 15 is 0 Å². The zero-order valence-corrected chi connectivity index (χ0v) is 19.1. The summed E-state index contributed by atoms with van der Waals surface area (Å²) in [4.78, 5) is 0. The Balaban J connectivity index is 1.68. The van der Waals surface area contributed by atoms with Crippen LogP contribution in [0, 0.1) is 63.6 Å². The van der Waals surface area contributed by atoms with Gasteiger partial charge in [0.15, 0.2) is 0 Å². The number of hydrogen-bond acceptors (Lipinski definition) is 3. The van der Waals surface area contributed by atoms with Crippen molar-refractivity contribution < 1.29 is 10.2 Å². The summed E-state index contributed by atoms with van der Waals surface area (Å²) in [7, 11) is 0. The standard InChI is InChI=1S/C26H43NO2/c1-5-6-18-22-15-17(28)9-12-26(22,4)21-10-13-25(3)19(16(2)11-14-27)7-8-20(25)23(21)24(18)29/h16-24,28-29H,5-13,15H2,1-4H3/t16-,17?,18+,19?,20?,21?,22+,23?,24-,25-,26-/m1/s1. The van der Waals surface area contributed by atoms with Crippen LogP contribution in [-0.4, -0.2) is 22.4 Å². The Kier molecular flexibility index (Phi) is 5.84. The smallest absolute Gasteiger partial charge is 0.0624 e. The molecule has 0 heterocycles. The van der Waals surface area contributed by atoms with E-state index in [0.29, 0.717) is 47.8 Å². The van der Waals surface area contributed by atoms with Crippen molar-refractivity contribution in [1.82, 2.24) is 0 Å². The SMILES string of the molecule is CCC[C@@H]1[C@@H](O)C2C3CCC([C@H](C)CC#N)[C@@]3(C)CCC2[C@@]2(C)CCC(O)C[C@@H]12. The summed E-state index contributed by atoms with van der Waals surface area (Å²) in [5, 5.41) is 31.5. The van der Waals surface area contributed by atoms with E-state index in [1.807, 2.05) is 0 Å². The van der Waals surface area contributed by atoms with Crippen molar-refractivity contribution in [3.8, 4) is 6.07 Å². The van der Waals surface area contributed by atoms with E-state index in [-0.39, 0.29) is 23.0 Å². The first-order valence-electron chi connectivity index (χ1n) is 12.5. The molecule has 0 saturated heterocycles. The second-order valence-corrected chi connectivity index (χ2v) is 11.8. The van der Waals surface area contributed by atoms with Gasteiger partial charge in [-0.05, 0) is 104 Å². The van der Waals surface area contributed by atoms with Crippen molar-refractivity contribution >= 4 is 0 Å². The average molecular weight is 402 g/mol. The van der Waals surface area contributed by atoms with Gasteiger partial charge in [-0.15, -0.1) is 0 Å². The quantitative estimate of drug-likeness (QED) is 0.649. The van der Waals surface area contributed by atoms with Crippen LogP contribution in [0.3, 0.4) is 0 Å². The molecule has 4 aliphatic rings. The highest BCUT2D eigenvalue weighted by Gasteiger charge is 2.64. The van der Waals surface area contributed by atoms with E-state index in [1.54, 1.807) is 0 Å². The number of rotatable bonds is 4. The molecule has 11 atom stereocenters. The molecule has 29 heavy (non-hydrogen) atoms. The molecule has 5 unspecified atom stereocenters. The molecule has 3 nitrogen and oxygen atoms in total. The van der Waals surface area contributed by atoms with Crippen LogP contribution in [0.4, 0.5) is 0 Å². The largest absolute Gasteiger partial charge is 0.393 e. The van der Waals surface area contributed by atoms with E-state index in [9.17, 15) is 15.5 Å². The highest BCUT2D eigenvalue weighted by atomic mass is 16.3. The van der Waals surface area contributed by atoms with E-state index in [0.717, 1.165) is 32.1 Å². The molecule has 3 heteroatoms. The molecule has 0 amide bonds. The van der Waals surface area contributed by atoms with Crippen LogP contribution in [0.1, 0.15) is 91.9 Å². The topological polar surface area (TPSA) is 64.2 Å². The number of aliphatic hydroxyl groups excluding tert-OH is 2. The maximum Gasteiger partial charge on any atom is 0.0624 e. The van der Waals surface area contributed by atoms with Crippen molar-refractivity contribution in [2.24, 2.45) is 52.3 Å². The van der Waals surface area contributed by atoms with Crippen LogP contribution < -0.4 is 0 Å². The fraction of sp³-hybridized carbons (Fsp3) is 0.962. The summed E-state index contributed by atoms with van der Waals surface area (Å²) in [5.74, 6) is 3.54. The Bertz CT molecular complexity index is 643. The molecular formula is C26H43NO2. The van der Waals surface area contributed by atoms with Crippen LogP contribution in [0.2, 0.25) is 0 Å². The minimum Gasteiger partial charge on any atom is -0.393 e. The molecule has 4 saturated carbocycles. The summed E-state index contributed by atoms with van der Waals surface area (Å²) in [6.07, 6.45) is 10.4. The molecule has 0 aromatic heterocycles. The average Bonchev–Trinajstić information content (AvgIpc) is 3.03. The van der Waals surface area contributed by atoms with Crippen molar-refractivity contribution in [3.05, 3.63) is 0 Å². The first-order valence-corrected chi connectivity index (χ1v) is 12.5. The lowest BCUT2D eigenvalue weighted by Gasteiger charge is -2.64. The molecule has 4 aliphatic carbocycles. The number of nitrogens with zero attached hydrogens (tertiary/aromatic N) is 1. The molecular weight excluding hydrogens is 358 g/mol. The lowest BCUT2D eigenvalue weighted by Crippen LogP contribution is -2.62. The van der Waals surface area contributed by atoms with Crippen LogP contribution in [-0.2, 0) is 0 Å². The van der Waals surface area contributed by atoms with Gasteiger partial charge in [0, 0.05) is 6.42 Å². The number of hydrogen-bond donors (Lipinski definition) is 2. The number of aliphatic hydroxyl groups is 2. The Morgan fingerprint density at radius 1 is 1.00 bits per heavy atom. The van der Waals surface area contributed by atoms with Crippen molar-refractivity contribution in [1.29, 1.82) is 5.26 Å². The normalized spacial score (nSPS) is 52.7. The molecule has 0 aromatic carbocycles. The van der Waals surface area contributed by atoms with Crippen LogP contribution in [0.25, 0.3) is 0 Å². The third-order valence-electron chi connectivity index (χ3n) is 10.7. The van der Waals surface area contributed by atoms with E-state index in [1.165, 1.54) is 25.7 Å². The second-order valence-electron chi connectivity index (χ2n) is 11.8. The third-order valence-corrected chi connectivity index (χ3v) is 10.7. The van der Waals surface area contributed by atoms with E-state index < -0.39 is 0 Å². The molecule has 0 bridgehead atoms. The van der Waals surface area contributed by atoms with Crippen LogP contribution in [0.5, 0.6) is 0 Å². The Morgan fingerprint density at radius 2 is 1.69 bits per heavy atom.